The van der Waals surface area contributed by atoms with Crippen LogP contribution in [0.4, 0.5) is 0 Å². The van der Waals surface area contributed by atoms with Gasteiger partial charge in [0.25, 0.3) is 0 Å². The molecule has 0 bridgehead atoms. The largest absolute Gasteiger partial charge is 3.00 e. The van der Waals surface area contributed by atoms with Gasteiger partial charge in [-0.2, -0.15) is 0 Å². The minimum atomic E-state index is -1.88. The normalized spacial score (nSPS) is 10.2. The van der Waals surface area contributed by atoms with Crippen LogP contribution in [-0.2, 0) is 13.6 Å². The Hall–Kier alpha value is 1.37. The van der Waals surface area contributed by atoms with E-state index in [1.54, 1.807) is 0 Å². The Bertz CT molecular complexity index is 174. The van der Waals surface area contributed by atoms with Crippen molar-refractivity contribution in [2.24, 2.45) is 0 Å². The Balaban J connectivity index is 0. The first-order valence-corrected chi connectivity index (χ1v) is 8.63. The molecule has 109 valence electrons. The molecule has 0 saturated heterocycles. The Morgan fingerprint density at radius 1 is 0.684 bits per heavy atom. The van der Waals surface area contributed by atoms with E-state index in [4.69, 9.17) is 9.05 Å². The Labute approximate surface area is 153 Å². The van der Waals surface area contributed by atoms with E-state index in [9.17, 15) is 4.57 Å². The zero-order chi connectivity index (χ0) is 13.5. The predicted molar refractivity (Wildman–Crippen MR) is 77.0 cm³/mol. The van der Waals surface area contributed by atoms with Crippen LogP contribution in [0.5, 0.6) is 0 Å². The molecule has 0 aliphatic carbocycles. The minimum absolute atomic E-state index is 0. The van der Waals surface area contributed by atoms with Crippen molar-refractivity contribution >= 4 is 8.25 Å². The maximum Gasteiger partial charge on any atom is 3.00 e. The summed E-state index contributed by atoms with van der Waals surface area (Å²) in [6, 6.07) is 0. The fraction of sp³-hybridized carbons (Fsp3) is 1.00. The smallest absolute Gasteiger partial charge is 0.119 e. The Kier molecular flexibility index (Phi) is 23.1. The van der Waals surface area contributed by atoms with Crippen molar-refractivity contribution in [1.82, 2.24) is 0 Å². The van der Waals surface area contributed by atoms with Crippen molar-refractivity contribution in [2.75, 3.05) is 13.2 Å². The third-order valence-electron chi connectivity index (χ3n) is 2.89. The van der Waals surface area contributed by atoms with Gasteiger partial charge in [0.05, 0.1) is 0 Å². The van der Waals surface area contributed by atoms with Gasteiger partial charge in [-0.1, -0.05) is 65.2 Å². The van der Waals surface area contributed by atoms with E-state index >= 15 is 0 Å². The van der Waals surface area contributed by atoms with Crippen molar-refractivity contribution in [3.8, 4) is 0 Å². The third kappa shape index (κ3) is 19.4. The second-order valence-corrected chi connectivity index (χ2v) is 5.68. The summed E-state index contributed by atoms with van der Waals surface area (Å²) in [6.45, 7) is 5.52. The van der Waals surface area contributed by atoms with Crippen LogP contribution in [0.25, 0.3) is 0 Å². The average Bonchev–Trinajstić information content (AvgIpc) is 2.38. The molecular weight excluding hydrogens is 391 g/mol. The topological polar surface area (TPSA) is 35.5 Å². The molecule has 5 heteroatoms. The van der Waals surface area contributed by atoms with Gasteiger partial charge in [-0.3, -0.25) is 0 Å². The van der Waals surface area contributed by atoms with Gasteiger partial charge in [0, 0.05) is 4.57 Å². The second-order valence-electron chi connectivity index (χ2n) is 4.72. The van der Waals surface area contributed by atoms with E-state index in [0.717, 1.165) is 25.7 Å². The van der Waals surface area contributed by atoms with Crippen LogP contribution in [0, 0.1) is 40.8 Å². The zero-order valence-electron chi connectivity index (χ0n) is 12.7. The molecule has 0 rings (SSSR count). The number of rotatable bonds is 14. The molecule has 19 heavy (non-hydrogen) atoms. The van der Waals surface area contributed by atoms with Crippen LogP contribution in [0.3, 0.4) is 0 Å². The average molecular weight is 422 g/mol. The molecule has 0 aromatic rings. The summed E-state index contributed by atoms with van der Waals surface area (Å²) in [5.74, 6) is 0. The summed E-state index contributed by atoms with van der Waals surface area (Å²) < 4.78 is 21.6. The van der Waals surface area contributed by atoms with Crippen molar-refractivity contribution in [2.45, 2.75) is 78.1 Å². The molecule has 0 aromatic heterocycles. The monoisotopic (exact) mass is 419 g/mol. The summed E-state index contributed by atoms with van der Waals surface area (Å²) in [6.07, 6.45) is 11.8. The molecule has 0 aromatic carbocycles. The van der Waals surface area contributed by atoms with E-state index in [2.05, 4.69) is 13.8 Å². The van der Waals surface area contributed by atoms with Gasteiger partial charge in [0.15, 0.2) is 0 Å². The molecule has 0 atom stereocenters. The van der Waals surface area contributed by atoms with Gasteiger partial charge in [-0.15, -0.1) is 9.05 Å². The maximum absolute atomic E-state index is 11.3. The van der Waals surface area contributed by atoms with Gasteiger partial charge in [0.1, 0.15) is 13.2 Å². The number of hydrogen-bond donors (Lipinski definition) is 0. The Morgan fingerprint density at radius 2 is 1.05 bits per heavy atom. The summed E-state index contributed by atoms with van der Waals surface area (Å²) >= 11 is 0. The summed E-state index contributed by atoms with van der Waals surface area (Å²) in [4.78, 5) is 0. The Morgan fingerprint density at radius 3 is 1.42 bits per heavy atom. The fourth-order valence-corrected chi connectivity index (χ4v) is 2.36. The first-order chi connectivity index (χ1) is 8.81. The van der Waals surface area contributed by atoms with Crippen molar-refractivity contribution in [3.05, 3.63) is 0 Å². The van der Waals surface area contributed by atoms with Gasteiger partial charge in [-0.25, -0.2) is 0 Å². The van der Waals surface area contributed by atoms with E-state index in [-0.39, 0.29) is 40.8 Å². The molecule has 3 nitrogen and oxygen atoms in total. The molecule has 0 fully saturated rings. The summed E-state index contributed by atoms with van der Waals surface area (Å²) in [5, 5.41) is 0. The predicted octanol–water partition coefficient (Wildman–Crippen LogP) is 5.62. The quantitative estimate of drug-likeness (QED) is 0.270. The molecule has 0 amide bonds. The molecule has 0 unspecified atom stereocenters. The first-order valence-electron chi connectivity index (χ1n) is 7.54. The molecule has 0 N–H and O–H groups in total. The van der Waals surface area contributed by atoms with Crippen molar-refractivity contribution in [3.63, 3.8) is 0 Å². The van der Waals surface area contributed by atoms with Crippen LogP contribution in [0.2, 0.25) is 0 Å². The van der Waals surface area contributed by atoms with Crippen molar-refractivity contribution in [1.29, 1.82) is 0 Å². The standard InChI is InChI=1S/C14H30O3P.Nd/c1-3-5-7-9-11-13-16-18(15)17-14-12-10-8-6-4-2;/h3-14H2,1-2H3;/q+1;+3. The fourth-order valence-electron chi connectivity index (χ4n) is 1.73. The molecule has 0 heterocycles. The molecular formula is C14H30NdO3P+4. The molecule has 0 aliphatic rings. The van der Waals surface area contributed by atoms with E-state index in [1.807, 2.05) is 0 Å². The number of hydrogen-bond acceptors (Lipinski definition) is 3. The summed E-state index contributed by atoms with van der Waals surface area (Å²) in [5.41, 5.74) is 0. The molecule has 0 aliphatic heterocycles. The van der Waals surface area contributed by atoms with Crippen molar-refractivity contribution < 1.29 is 54.5 Å². The third-order valence-corrected chi connectivity index (χ3v) is 3.68. The van der Waals surface area contributed by atoms with E-state index < -0.39 is 8.25 Å². The van der Waals surface area contributed by atoms with Crippen LogP contribution >= 0.6 is 8.25 Å². The van der Waals surface area contributed by atoms with Gasteiger partial charge in [0.2, 0.25) is 0 Å². The summed E-state index contributed by atoms with van der Waals surface area (Å²) in [7, 11) is -1.88. The maximum atomic E-state index is 11.3. The second kappa shape index (κ2) is 19.4. The van der Waals surface area contributed by atoms with E-state index in [1.165, 1.54) is 38.5 Å². The van der Waals surface area contributed by atoms with Crippen LogP contribution in [0.1, 0.15) is 78.1 Å². The number of unbranched alkanes of at least 4 members (excludes halogenated alkanes) is 8. The van der Waals surface area contributed by atoms with Crippen LogP contribution < -0.4 is 0 Å². The minimum Gasteiger partial charge on any atom is -0.119 e. The van der Waals surface area contributed by atoms with E-state index in [0.29, 0.717) is 13.2 Å². The van der Waals surface area contributed by atoms with Gasteiger partial charge >= 0.3 is 49.1 Å². The SMILES string of the molecule is CCCCCCCO[P+](=O)OCCCCCCC.[Nd+3]. The van der Waals surface area contributed by atoms with Crippen LogP contribution in [-0.4, -0.2) is 13.2 Å². The molecule has 0 saturated carbocycles. The van der Waals surface area contributed by atoms with Crippen LogP contribution in [0.15, 0.2) is 0 Å². The molecule has 0 spiro atoms. The van der Waals surface area contributed by atoms with Gasteiger partial charge < -0.3 is 0 Å². The molecule has 1 radical (unpaired) electrons. The zero-order valence-corrected chi connectivity index (χ0v) is 16.8. The first kappa shape index (κ1) is 22.6. The van der Waals surface area contributed by atoms with Gasteiger partial charge in [-0.05, 0) is 12.8 Å².